The zero-order valence-electron chi connectivity index (χ0n) is 16.3. The lowest BCUT2D eigenvalue weighted by atomic mass is 10.3. The number of carboxylic acids is 1. The number of thiophene rings is 1. The third-order valence-electron chi connectivity index (χ3n) is 3.58. The van der Waals surface area contributed by atoms with Crippen LogP contribution in [0.4, 0.5) is 5.13 Å². The van der Waals surface area contributed by atoms with Gasteiger partial charge in [0, 0.05) is 17.9 Å². The predicted octanol–water partition coefficient (Wildman–Crippen LogP) is 3.28. The predicted molar refractivity (Wildman–Crippen MR) is 113 cm³/mol. The first-order chi connectivity index (χ1) is 14.4. The number of anilines is 1. The van der Waals surface area contributed by atoms with Gasteiger partial charge in [0.1, 0.15) is 5.69 Å². The van der Waals surface area contributed by atoms with Gasteiger partial charge in [0.05, 0.1) is 24.8 Å². The van der Waals surface area contributed by atoms with E-state index in [0.29, 0.717) is 18.7 Å². The molecule has 0 saturated carbocycles. The highest BCUT2D eigenvalue weighted by atomic mass is 32.1. The van der Waals surface area contributed by atoms with Crippen LogP contribution in [0.1, 0.15) is 35.6 Å². The van der Waals surface area contributed by atoms with Gasteiger partial charge in [0.15, 0.2) is 5.13 Å². The smallest absolute Gasteiger partial charge is 0.320 e. The van der Waals surface area contributed by atoms with Crippen LogP contribution in [0, 0.1) is 0 Å². The second kappa shape index (κ2) is 10.1. The minimum absolute atomic E-state index is 0.0360. The summed E-state index contributed by atoms with van der Waals surface area (Å²) in [6.07, 6.45) is 0.314. The molecule has 9 nitrogen and oxygen atoms in total. The van der Waals surface area contributed by atoms with Gasteiger partial charge in [0.25, 0.3) is 5.91 Å². The molecule has 2 N–H and O–H groups in total. The van der Waals surface area contributed by atoms with Crippen molar-refractivity contribution in [3.8, 4) is 11.9 Å². The van der Waals surface area contributed by atoms with Crippen LogP contribution in [0.2, 0.25) is 0 Å². The van der Waals surface area contributed by atoms with Crippen molar-refractivity contribution in [1.29, 1.82) is 0 Å². The lowest BCUT2D eigenvalue weighted by molar-refractivity contribution is -0.136. The van der Waals surface area contributed by atoms with E-state index in [-0.39, 0.29) is 35.2 Å². The zero-order valence-corrected chi connectivity index (χ0v) is 18.0. The molecule has 30 heavy (non-hydrogen) atoms. The van der Waals surface area contributed by atoms with Crippen molar-refractivity contribution in [1.82, 2.24) is 15.0 Å². The standard InChI is InChI=1S/C19H20N4O5S2/c1-11(2)28-18-21-14(8-15(22-18)27-5-3-12-4-6-29-9-12)17(26)23-19-20-13(10-30-19)7-16(24)25/h4,6,8-11H,3,5,7H2,1-2H3,(H,24,25)(H,20,23,26). The van der Waals surface area contributed by atoms with Crippen molar-refractivity contribution in [2.75, 3.05) is 11.9 Å². The summed E-state index contributed by atoms with van der Waals surface area (Å²) in [6, 6.07) is 3.49. The van der Waals surface area contributed by atoms with Gasteiger partial charge in [-0.1, -0.05) is 0 Å². The van der Waals surface area contributed by atoms with E-state index in [1.54, 1.807) is 16.7 Å². The van der Waals surface area contributed by atoms with Crippen LogP contribution < -0.4 is 14.8 Å². The lowest BCUT2D eigenvalue weighted by Gasteiger charge is -2.11. The molecule has 0 radical (unpaired) electrons. The minimum Gasteiger partial charge on any atom is -0.481 e. The maximum Gasteiger partial charge on any atom is 0.320 e. The summed E-state index contributed by atoms with van der Waals surface area (Å²) in [5.74, 6) is -1.29. The SMILES string of the molecule is CC(C)Oc1nc(OCCc2ccsc2)cc(C(=O)Nc2nc(CC(=O)O)cs2)n1. The Morgan fingerprint density at radius 3 is 2.77 bits per heavy atom. The van der Waals surface area contributed by atoms with Gasteiger partial charge in [-0.3, -0.25) is 14.9 Å². The monoisotopic (exact) mass is 448 g/mol. The van der Waals surface area contributed by atoms with E-state index in [1.165, 1.54) is 6.07 Å². The Kier molecular flexibility index (Phi) is 7.31. The molecule has 0 fully saturated rings. The summed E-state index contributed by atoms with van der Waals surface area (Å²) in [5, 5.41) is 17.3. The average Bonchev–Trinajstić information content (AvgIpc) is 3.33. The van der Waals surface area contributed by atoms with Crippen molar-refractivity contribution >= 4 is 39.7 Å². The lowest BCUT2D eigenvalue weighted by Crippen LogP contribution is -2.17. The van der Waals surface area contributed by atoms with Gasteiger partial charge in [-0.05, 0) is 36.2 Å². The van der Waals surface area contributed by atoms with Crippen molar-refractivity contribution < 1.29 is 24.2 Å². The van der Waals surface area contributed by atoms with Gasteiger partial charge in [-0.2, -0.15) is 21.3 Å². The van der Waals surface area contributed by atoms with Crippen LogP contribution in [-0.2, 0) is 17.6 Å². The fourth-order valence-corrected chi connectivity index (χ4v) is 3.74. The topological polar surface area (TPSA) is 124 Å². The van der Waals surface area contributed by atoms with E-state index in [1.807, 2.05) is 30.7 Å². The molecule has 0 aliphatic carbocycles. The highest BCUT2D eigenvalue weighted by Crippen LogP contribution is 2.20. The number of aromatic nitrogens is 3. The molecule has 0 atom stereocenters. The highest BCUT2D eigenvalue weighted by molar-refractivity contribution is 7.14. The summed E-state index contributed by atoms with van der Waals surface area (Å²) >= 11 is 2.75. The zero-order chi connectivity index (χ0) is 21.5. The van der Waals surface area contributed by atoms with Gasteiger partial charge in [0.2, 0.25) is 5.88 Å². The van der Waals surface area contributed by atoms with Crippen LogP contribution in [-0.4, -0.2) is 44.6 Å². The molecule has 1 amide bonds. The van der Waals surface area contributed by atoms with E-state index >= 15 is 0 Å². The largest absolute Gasteiger partial charge is 0.481 e. The quantitative estimate of drug-likeness (QED) is 0.484. The van der Waals surface area contributed by atoms with Crippen LogP contribution in [0.5, 0.6) is 11.9 Å². The molecular weight excluding hydrogens is 428 g/mol. The van der Waals surface area contributed by atoms with Crippen LogP contribution in [0.25, 0.3) is 0 Å². The number of aliphatic carboxylic acids is 1. The summed E-state index contributed by atoms with van der Waals surface area (Å²) in [7, 11) is 0. The number of nitrogens with one attached hydrogen (secondary N) is 1. The Morgan fingerprint density at radius 1 is 1.23 bits per heavy atom. The fraction of sp³-hybridized carbons (Fsp3) is 0.316. The average molecular weight is 449 g/mol. The molecule has 0 aliphatic rings. The van der Waals surface area contributed by atoms with E-state index in [9.17, 15) is 9.59 Å². The van der Waals surface area contributed by atoms with Crippen LogP contribution >= 0.6 is 22.7 Å². The first kappa shape index (κ1) is 21.7. The number of ether oxygens (including phenoxy) is 2. The second-order valence-corrected chi connectivity index (χ2v) is 8.08. The Labute approximate surface area is 180 Å². The maximum atomic E-state index is 12.6. The van der Waals surface area contributed by atoms with Crippen molar-refractivity contribution in [3.63, 3.8) is 0 Å². The number of amides is 1. The molecule has 3 aromatic rings. The first-order valence-corrected chi connectivity index (χ1v) is 10.9. The Balaban J connectivity index is 1.71. The molecule has 0 aromatic carbocycles. The van der Waals surface area contributed by atoms with Crippen molar-refractivity contribution in [2.45, 2.75) is 32.8 Å². The molecule has 0 aliphatic heterocycles. The summed E-state index contributed by atoms with van der Waals surface area (Å²) in [5.41, 5.74) is 1.58. The molecule has 0 spiro atoms. The number of carbonyl (C=O) groups excluding carboxylic acids is 1. The summed E-state index contributed by atoms with van der Waals surface area (Å²) < 4.78 is 11.2. The van der Waals surface area contributed by atoms with Crippen molar-refractivity contribution in [3.05, 3.63) is 45.2 Å². The number of hydrogen-bond donors (Lipinski definition) is 2. The molecule has 3 aromatic heterocycles. The molecule has 0 saturated heterocycles. The van der Waals surface area contributed by atoms with Crippen LogP contribution in [0.15, 0.2) is 28.3 Å². The van der Waals surface area contributed by atoms with E-state index in [2.05, 4.69) is 20.3 Å². The van der Waals surface area contributed by atoms with E-state index < -0.39 is 11.9 Å². The molecule has 3 heterocycles. The van der Waals surface area contributed by atoms with Crippen molar-refractivity contribution in [2.24, 2.45) is 0 Å². The first-order valence-electron chi connectivity index (χ1n) is 9.06. The second-order valence-electron chi connectivity index (χ2n) is 6.44. The van der Waals surface area contributed by atoms with Gasteiger partial charge in [-0.25, -0.2) is 4.98 Å². The Hall–Kier alpha value is -3.05. The Bertz CT molecular complexity index is 1000. The number of hydrogen-bond acceptors (Lipinski definition) is 9. The number of carbonyl (C=O) groups is 2. The molecular formula is C19H20N4O5S2. The minimum atomic E-state index is -0.992. The van der Waals surface area contributed by atoms with Gasteiger partial charge >= 0.3 is 12.0 Å². The summed E-state index contributed by atoms with van der Waals surface area (Å²) in [4.78, 5) is 35.9. The highest BCUT2D eigenvalue weighted by Gasteiger charge is 2.16. The number of nitrogens with zero attached hydrogens (tertiary/aromatic N) is 3. The summed E-state index contributed by atoms with van der Waals surface area (Å²) in [6.45, 7) is 4.04. The number of carboxylic acid groups (broad SMARTS) is 1. The molecule has 0 bridgehead atoms. The number of thiazole rings is 1. The van der Waals surface area contributed by atoms with Gasteiger partial charge in [-0.15, -0.1) is 11.3 Å². The third kappa shape index (κ3) is 6.49. The van der Waals surface area contributed by atoms with E-state index in [0.717, 1.165) is 16.9 Å². The van der Waals surface area contributed by atoms with E-state index in [4.69, 9.17) is 14.6 Å². The number of rotatable bonds is 10. The molecule has 3 rings (SSSR count). The third-order valence-corrected chi connectivity index (χ3v) is 5.12. The molecule has 11 heteroatoms. The molecule has 158 valence electrons. The molecule has 0 unspecified atom stereocenters. The maximum absolute atomic E-state index is 12.6. The van der Waals surface area contributed by atoms with Crippen LogP contribution in [0.3, 0.4) is 0 Å². The van der Waals surface area contributed by atoms with Gasteiger partial charge < -0.3 is 14.6 Å². The Morgan fingerprint density at radius 2 is 2.07 bits per heavy atom. The fourth-order valence-electron chi connectivity index (χ4n) is 2.33. The normalized spacial score (nSPS) is 10.8.